The summed E-state index contributed by atoms with van der Waals surface area (Å²) in [6, 6.07) is 0.378. The predicted molar refractivity (Wildman–Crippen MR) is 72.8 cm³/mol. The Morgan fingerprint density at radius 3 is 2.58 bits per heavy atom. The minimum absolute atomic E-state index is 0.0464. The summed E-state index contributed by atoms with van der Waals surface area (Å²) >= 11 is 0. The van der Waals surface area contributed by atoms with Crippen LogP contribution in [-0.2, 0) is 4.79 Å². The molecule has 1 atom stereocenters. The van der Waals surface area contributed by atoms with E-state index in [1.807, 2.05) is 4.90 Å². The van der Waals surface area contributed by atoms with Crippen molar-refractivity contribution in [1.82, 2.24) is 20.4 Å². The van der Waals surface area contributed by atoms with Gasteiger partial charge in [-0.2, -0.15) is 0 Å². The molecule has 108 valence electrons. The number of carbonyl (C=O) groups is 2. The van der Waals surface area contributed by atoms with E-state index in [1.54, 1.807) is 19.0 Å². The van der Waals surface area contributed by atoms with Crippen molar-refractivity contribution in [3.63, 3.8) is 0 Å². The van der Waals surface area contributed by atoms with E-state index in [0.29, 0.717) is 6.04 Å². The second-order valence-corrected chi connectivity index (χ2v) is 5.59. The van der Waals surface area contributed by atoms with Gasteiger partial charge >= 0.3 is 6.03 Å². The molecule has 0 saturated carbocycles. The predicted octanol–water partition coefficient (Wildman–Crippen LogP) is 0.000600. The number of nitrogens with one attached hydrogen (secondary N) is 2. The Morgan fingerprint density at radius 1 is 1.32 bits per heavy atom. The van der Waals surface area contributed by atoms with Gasteiger partial charge in [0.2, 0.25) is 5.91 Å². The maximum absolute atomic E-state index is 11.8. The molecule has 0 bridgehead atoms. The Kier molecular flexibility index (Phi) is 4.63. The molecule has 19 heavy (non-hydrogen) atoms. The number of hydrogen-bond donors (Lipinski definition) is 2. The molecule has 0 spiro atoms. The fraction of sp³-hybridized carbons (Fsp3) is 0.846. The molecule has 1 unspecified atom stereocenters. The minimum atomic E-state index is -0.0464. The number of piperidine rings is 2. The molecule has 0 aromatic carbocycles. The van der Waals surface area contributed by atoms with Gasteiger partial charge in [-0.3, -0.25) is 4.79 Å². The molecular weight excluding hydrogens is 244 g/mol. The SMILES string of the molecule is CN(C)C(=O)N1CCC(NC2CCCNC2=O)CC1. The zero-order valence-electron chi connectivity index (χ0n) is 11.8. The van der Waals surface area contributed by atoms with Gasteiger partial charge in [0.1, 0.15) is 0 Å². The zero-order chi connectivity index (χ0) is 13.8. The molecule has 6 nitrogen and oxygen atoms in total. The van der Waals surface area contributed by atoms with E-state index in [-0.39, 0.29) is 18.0 Å². The van der Waals surface area contributed by atoms with Gasteiger partial charge < -0.3 is 20.4 Å². The maximum Gasteiger partial charge on any atom is 0.319 e. The molecule has 2 saturated heterocycles. The molecule has 2 rings (SSSR count). The van der Waals surface area contributed by atoms with Crippen molar-refractivity contribution < 1.29 is 9.59 Å². The van der Waals surface area contributed by atoms with Gasteiger partial charge in [-0.05, 0) is 25.7 Å². The van der Waals surface area contributed by atoms with Crippen molar-refractivity contribution >= 4 is 11.9 Å². The van der Waals surface area contributed by atoms with Crippen LogP contribution in [0.1, 0.15) is 25.7 Å². The normalized spacial score (nSPS) is 25.1. The average molecular weight is 268 g/mol. The fourth-order valence-corrected chi connectivity index (χ4v) is 2.74. The number of nitrogens with zero attached hydrogens (tertiary/aromatic N) is 2. The lowest BCUT2D eigenvalue weighted by Gasteiger charge is -2.36. The number of hydrogen-bond acceptors (Lipinski definition) is 3. The van der Waals surface area contributed by atoms with Gasteiger partial charge in [-0.15, -0.1) is 0 Å². The van der Waals surface area contributed by atoms with Crippen LogP contribution in [0.3, 0.4) is 0 Å². The van der Waals surface area contributed by atoms with E-state index in [2.05, 4.69) is 10.6 Å². The summed E-state index contributed by atoms with van der Waals surface area (Å²) in [5, 5.41) is 6.32. The van der Waals surface area contributed by atoms with E-state index in [1.165, 1.54) is 0 Å². The first-order valence-corrected chi connectivity index (χ1v) is 7.08. The molecule has 0 aromatic rings. The lowest BCUT2D eigenvalue weighted by molar-refractivity contribution is -0.124. The van der Waals surface area contributed by atoms with Gasteiger partial charge in [0, 0.05) is 39.8 Å². The number of amides is 3. The summed E-state index contributed by atoms with van der Waals surface area (Å²) in [6.07, 6.45) is 3.80. The summed E-state index contributed by atoms with van der Waals surface area (Å²) in [5.41, 5.74) is 0. The second kappa shape index (κ2) is 6.23. The molecule has 2 N–H and O–H groups in total. The average Bonchev–Trinajstić information content (AvgIpc) is 2.41. The molecule has 2 aliphatic rings. The van der Waals surface area contributed by atoms with Crippen LogP contribution in [0.25, 0.3) is 0 Å². The van der Waals surface area contributed by atoms with Crippen LogP contribution >= 0.6 is 0 Å². The molecule has 2 aliphatic heterocycles. The molecule has 0 aromatic heterocycles. The van der Waals surface area contributed by atoms with Crippen LogP contribution in [0.5, 0.6) is 0 Å². The molecular formula is C13H24N4O2. The van der Waals surface area contributed by atoms with E-state index >= 15 is 0 Å². The zero-order valence-corrected chi connectivity index (χ0v) is 11.8. The van der Waals surface area contributed by atoms with Gasteiger partial charge in [0.15, 0.2) is 0 Å². The third-order valence-electron chi connectivity index (χ3n) is 3.87. The highest BCUT2D eigenvalue weighted by atomic mass is 16.2. The molecule has 0 radical (unpaired) electrons. The summed E-state index contributed by atoms with van der Waals surface area (Å²) in [5.74, 6) is 0.123. The van der Waals surface area contributed by atoms with Gasteiger partial charge in [-0.25, -0.2) is 4.79 Å². The third-order valence-corrected chi connectivity index (χ3v) is 3.87. The first kappa shape index (κ1) is 14.1. The van der Waals surface area contributed by atoms with Crippen LogP contribution in [0, 0.1) is 0 Å². The monoisotopic (exact) mass is 268 g/mol. The highest BCUT2D eigenvalue weighted by molar-refractivity contribution is 5.82. The van der Waals surface area contributed by atoms with Crippen LogP contribution in [0.15, 0.2) is 0 Å². The maximum atomic E-state index is 11.8. The number of rotatable bonds is 2. The Balaban J connectivity index is 1.77. The van der Waals surface area contributed by atoms with Crippen molar-refractivity contribution in [2.45, 2.75) is 37.8 Å². The summed E-state index contributed by atoms with van der Waals surface area (Å²) < 4.78 is 0. The number of likely N-dealkylation sites (tertiary alicyclic amines) is 1. The lowest BCUT2D eigenvalue weighted by atomic mass is 10.0. The van der Waals surface area contributed by atoms with Crippen molar-refractivity contribution in [1.29, 1.82) is 0 Å². The van der Waals surface area contributed by atoms with E-state index in [0.717, 1.165) is 45.3 Å². The summed E-state index contributed by atoms with van der Waals surface area (Å²) in [4.78, 5) is 27.0. The fourth-order valence-electron chi connectivity index (χ4n) is 2.74. The molecule has 2 fully saturated rings. The molecule has 0 aliphatic carbocycles. The molecule has 2 heterocycles. The topological polar surface area (TPSA) is 64.7 Å². The number of urea groups is 1. The van der Waals surface area contributed by atoms with Crippen molar-refractivity contribution in [2.75, 3.05) is 33.7 Å². The quantitative estimate of drug-likeness (QED) is 0.741. The van der Waals surface area contributed by atoms with Crippen molar-refractivity contribution in [3.8, 4) is 0 Å². The third kappa shape index (κ3) is 3.59. The Morgan fingerprint density at radius 2 is 2.00 bits per heavy atom. The van der Waals surface area contributed by atoms with E-state index in [9.17, 15) is 9.59 Å². The number of carbonyl (C=O) groups excluding carboxylic acids is 2. The van der Waals surface area contributed by atoms with Crippen molar-refractivity contribution in [3.05, 3.63) is 0 Å². The largest absolute Gasteiger partial charge is 0.355 e. The van der Waals surface area contributed by atoms with Crippen LogP contribution in [0.2, 0.25) is 0 Å². The van der Waals surface area contributed by atoms with Gasteiger partial charge in [-0.1, -0.05) is 0 Å². The Labute approximate surface area is 114 Å². The highest BCUT2D eigenvalue weighted by Crippen LogP contribution is 2.14. The standard InChI is InChI=1S/C13H24N4O2/c1-16(2)13(19)17-8-5-10(6-9-17)15-11-4-3-7-14-12(11)18/h10-11,15H,3-9H2,1-2H3,(H,14,18). The molecule has 6 heteroatoms. The van der Waals surface area contributed by atoms with Crippen LogP contribution in [-0.4, -0.2) is 67.6 Å². The van der Waals surface area contributed by atoms with Crippen LogP contribution < -0.4 is 10.6 Å². The summed E-state index contributed by atoms with van der Waals surface area (Å²) in [7, 11) is 3.55. The lowest BCUT2D eigenvalue weighted by Crippen LogP contribution is -2.55. The Hall–Kier alpha value is -1.30. The van der Waals surface area contributed by atoms with Crippen molar-refractivity contribution in [2.24, 2.45) is 0 Å². The van der Waals surface area contributed by atoms with Crippen LogP contribution in [0.4, 0.5) is 4.79 Å². The molecule has 3 amide bonds. The van der Waals surface area contributed by atoms with Gasteiger partial charge in [0.25, 0.3) is 0 Å². The smallest absolute Gasteiger partial charge is 0.319 e. The van der Waals surface area contributed by atoms with E-state index in [4.69, 9.17) is 0 Å². The second-order valence-electron chi connectivity index (χ2n) is 5.59. The highest BCUT2D eigenvalue weighted by Gasteiger charge is 2.28. The summed E-state index contributed by atoms with van der Waals surface area (Å²) in [6.45, 7) is 2.33. The van der Waals surface area contributed by atoms with Gasteiger partial charge in [0.05, 0.1) is 6.04 Å². The Bertz CT molecular complexity index is 338. The first-order valence-electron chi connectivity index (χ1n) is 7.08. The first-order chi connectivity index (χ1) is 9.08. The van der Waals surface area contributed by atoms with E-state index < -0.39 is 0 Å². The minimum Gasteiger partial charge on any atom is -0.355 e.